The molecule has 2 heterocycles. The minimum absolute atomic E-state index is 0.0300. The van der Waals surface area contributed by atoms with Gasteiger partial charge in [-0.3, -0.25) is 19.6 Å². The van der Waals surface area contributed by atoms with Crippen LogP contribution in [0.3, 0.4) is 0 Å². The SMILES string of the molecule is CC(C)(N[C@@H]1C[C@H](c2ccc(F)c(F)c2)N(c2ccc(OC(F)(F)F)cc2)C1=O)c1ccc(C(F)(F)F)nc1.Cc1ccc(S(=O)(=O)O)cc1. The highest BCUT2D eigenvalue weighted by Crippen LogP contribution is 2.40. The van der Waals surface area contributed by atoms with Crippen LogP contribution in [0.4, 0.5) is 40.8 Å². The molecule has 268 valence electrons. The summed E-state index contributed by atoms with van der Waals surface area (Å²) in [6.45, 7) is 5.10. The predicted molar refractivity (Wildman–Crippen MR) is 165 cm³/mol. The summed E-state index contributed by atoms with van der Waals surface area (Å²) in [5, 5.41) is 3.09. The normalized spacial score (nSPS) is 17.0. The number of carbonyl (C=O) groups excluding carboxylic acids is 1. The fourth-order valence-electron chi connectivity index (χ4n) is 5.15. The van der Waals surface area contributed by atoms with Gasteiger partial charge >= 0.3 is 12.5 Å². The minimum Gasteiger partial charge on any atom is -0.406 e. The molecule has 0 saturated carbocycles. The number of aryl methyl sites for hydroxylation is 1. The molecule has 1 amide bonds. The Morgan fingerprint density at radius 3 is 2.00 bits per heavy atom. The molecular formula is C33H29F8N3O5S. The maximum absolute atomic E-state index is 14.1. The Morgan fingerprint density at radius 1 is 0.880 bits per heavy atom. The Labute approximate surface area is 281 Å². The molecule has 1 saturated heterocycles. The third-order valence-corrected chi connectivity index (χ3v) is 8.48. The number of pyridine rings is 1. The topological polar surface area (TPSA) is 109 Å². The lowest BCUT2D eigenvalue weighted by Gasteiger charge is -2.30. The Bertz CT molecular complexity index is 1920. The average molecular weight is 732 g/mol. The maximum atomic E-state index is 14.1. The minimum atomic E-state index is -4.92. The van der Waals surface area contributed by atoms with Crippen molar-refractivity contribution in [3.05, 3.63) is 119 Å². The molecule has 0 spiro atoms. The van der Waals surface area contributed by atoms with Crippen LogP contribution in [0, 0.1) is 18.6 Å². The number of alkyl halides is 6. The molecule has 17 heteroatoms. The van der Waals surface area contributed by atoms with Crippen molar-refractivity contribution in [1.82, 2.24) is 10.3 Å². The molecule has 50 heavy (non-hydrogen) atoms. The summed E-state index contributed by atoms with van der Waals surface area (Å²) in [6, 6.07) is 13.8. The lowest BCUT2D eigenvalue weighted by molar-refractivity contribution is -0.274. The number of hydrogen-bond acceptors (Lipinski definition) is 6. The van der Waals surface area contributed by atoms with Crippen LogP contribution in [0.25, 0.3) is 0 Å². The van der Waals surface area contributed by atoms with Crippen LogP contribution < -0.4 is 15.0 Å². The van der Waals surface area contributed by atoms with Gasteiger partial charge in [0.1, 0.15) is 11.4 Å². The Kier molecular flexibility index (Phi) is 10.9. The molecule has 0 bridgehead atoms. The average Bonchev–Trinajstić information content (AvgIpc) is 3.32. The van der Waals surface area contributed by atoms with E-state index in [1.165, 1.54) is 41.3 Å². The second-order valence-corrected chi connectivity index (χ2v) is 13.1. The number of hydrogen-bond donors (Lipinski definition) is 2. The second-order valence-electron chi connectivity index (χ2n) is 11.7. The Balaban J connectivity index is 0.000000435. The van der Waals surface area contributed by atoms with Gasteiger partial charge in [0.25, 0.3) is 10.1 Å². The first-order valence-electron chi connectivity index (χ1n) is 14.5. The zero-order valence-corrected chi connectivity index (χ0v) is 27.2. The van der Waals surface area contributed by atoms with Crippen molar-refractivity contribution in [2.45, 2.75) is 62.2 Å². The van der Waals surface area contributed by atoms with Crippen LogP contribution in [0.15, 0.2) is 90.0 Å². The van der Waals surface area contributed by atoms with E-state index in [-0.39, 0.29) is 22.6 Å². The maximum Gasteiger partial charge on any atom is 0.573 e. The molecule has 1 aliphatic rings. The number of carbonyl (C=O) groups is 1. The zero-order valence-electron chi connectivity index (χ0n) is 26.4. The van der Waals surface area contributed by atoms with Crippen molar-refractivity contribution in [3.8, 4) is 5.75 Å². The number of halogens is 8. The van der Waals surface area contributed by atoms with Crippen LogP contribution >= 0.6 is 0 Å². The van der Waals surface area contributed by atoms with Gasteiger partial charge in [-0.1, -0.05) is 29.8 Å². The van der Waals surface area contributed by atoms with Crippen molar-refractivity contribution >= 4 is 21.7 Å². The first kappa shape index (κ1) is 38.2. The molecule has 2 atom stereocenters. The van der Waals surface area contributed by atoms with Crippen molar-refractivity contribution in [3.63, 3.8) is 0 Å². The van der Waals surface area contributed by atoms with E-state index in [0.717, 1.165) is 42.1 Å². The lowest BCUT2D eigenvalue weighted by Crippen LogP contribution is -2.47. The number of rotatable bonds is 7. The number of ether oxygens (including phenoxy) is 1. The molecule has 1 aromatic heterocycles. The molecule has 1 aliphatic heterocycles. The molecule has 3 aromatic carbocycles. The van der Waals surface area contributed by atoms with Gasteiger partial charge in [-0.2, -0.15) is 21.6 Å². The molecule has 5 rings (SSSR count). The molecule has 4 aromatic rings. The standard InChI is InChI=1S/C26H21F8N3O2.C7H8O3S/c1-24(2,15-4-10-22(35-13-15)25(29,30)31)36-20-12-21(14-3-9-18(27)19(28)11-14)37(23(20)38)16-5-7-17(8-6-16)39-26(32,33)34;1-6-2-4-7(5-3-6)11(8,9)10/h3-11,13,20-21,36H,12H2,1-2H3;2-5H,1H3,(H,8,9,10)/t20-,21-;/m1./s1. The van der Waals surface area contributed by atoms with Gasteiger partial charge in [-0.05, 0) is 92.9 Å². The summed E-state index contributed by atoms with van der Waals surface area (Å²) in [7, 11) is -4.02. The highest BCUT2D eigenvalue weighted by atomic mass is 32.2. The number of amides is 1. The largest absolute Gasteiger partial charge is 0.573 e. The Hall–Kier alpha value is -4.61. The molecule has 8 nitrogen and oxygen atoms in total. The van der Waals surface area contributed by atoms with E-state index in [0.29, 0.717) is 5.56 Å². The molecule has 2 N–H and O–H groups in total. The van der Waals surface area contributed by atoms with Crippen molar-refractivity contribution in [2.24, 2.45) is 0 Å². The number of benzene rings is 3. The van der Waals surface area contributed by atoms with Crippen LogP contribution in [0.5, 0.6) is 5.75 Å². The third-order valence-electron chi connectivity index (χ3n) is 7.61. The molecule has 0 aliphatic carbocycles. The van der Waals surface area contributed by atoms with E-state index in [1.807, 2.05) is 6.92 Å². The van der Waals surface area contributed by atoms with E-state index in [9.17, 15) is 48.3 Å². The van der Waals surface area contributed by atoms with Crippen molar-refractivity contribution < 1.29 is 57.6 Å². The number of anilines is 1. The van der Waals surface area contributed by atoms with Gasteiger partial charge in [0.15, 0.2) is 11.6 Å². The first-order chi connectivity index (χ1) is 23.0. The summed E-state index contributed by atoms with van der Waals surface area (Å²) >= 11 is 0. The summed E-state index contributed by atoms with van der Waals surface area (Å²) < 4.78 is 138. The van der Waals surface area contributed by atoms with Gasteiger partial charge < -0.3 is 9.64 Å². The smallest absolute Gasteiger partial charge is 0.406 e. The summed E-state index contributed by atoms with van der Waals surface area (Å²) in [5.41, 5.74) is -0.436. The van der Waals surface area contributed by atoms with Gasteiger partial charge in [-0.25, -0.2) is 8.78 Å². The van der Waals surface area contributed by atoms with E-state index in [1.54, 1.807) is 26.0 Å². The predicted octanol–water partition coefficient (Wildman–Crippen LogP) is 7.89. The molecule has 1 fully saturated rings. The van der Waals surface area contributed by atoms with Crippen LogP contribution in [0.1, 0.15) is 48.7 Å². The quantitative estimate of drug-likeness (QED) is 0.147. The van der Waals surface area contributed by atoms with E-state index >= 15 is 0 Å². The highest BCUT2D eigenvalue weighted by molar-refractivity contribution is 7.85. The number of nitrogens with zero attached hydrogens (tertiary/aromatic N) is 2. The van der Waals surface area contributed by atoms with Crippen molar-refractivity contribution in [1.29, 1.82) is 0 Å². The van der Waals surface area contributed by atoms with Crippen molar-refractivity contribution in [2.75, 3.05) is 4.90 Å². The second kappa shape index (κ2) is 14.3. The summed E-state index contributed by atoms with van der Waals surface area (Å²) in [6.07, 6.45) is -8.48. The molecular weight excluding hydrogens is 702 g/mol. The fraction of sp³-hybridized carbons (Fsp3) is 0.273. The van der Waals surface area contributed by atoms with Crippen LogP contribution in [-0.4, -0.2) is 36.3 Å². The molecule has 0 radical (unpaired) electrons. The fourth-order valence-corrected chi connectivity index (χ4v) is 5.63. The number of nitrogens with one attached hydrogen (secondary N) is 1. The molecule has 0 unspecified atom stereocenters. The monoisotopic (exact) mass is 731 g/mol. The van der Waals surface area contributed by atoms with Gasteiger partial charge in [0.2, 0.25) is 5.91 Å². The van der Waals surface area contributed by atoms with E-state index < -0.39 is 69.3 Å². The van der Waals surface area contributed by atoms with Gasteiger partial charge in [0, 0.05) is 17.4 Å². The summed E-state index contributed by atoms with van der Waals surface area (Å²) in [5.74, 6) is -3.31. The number of aromatic nitrogens is 1. The zero-order chi connectivity index (χ0) is 37.2. The van der Waals surface area contributed by atoms with Crippen LogP contribution in [0.2, 0.25) is 0 Å². The van der Waals surface area contributed by atoms with E-state index in [2.05, 4.69) is 15.0 Å². The lowest BCUT2D eigenvalue weighted by atomic mass is 9.93. The summed E-state index contributed by atoms with van der Waals surface area (Å²) in [4.78, 5) is 18.2. The van der Waals surface area contributed by atoms with Crippen LogP contribution in [-0.2, 0) is 26.6 Å². The third kappa shape index (κ3) is 9.54. The van der Waals surface area contributed by atoms with Gasteiger partial charge in [-0.15, -0.1) is 13.2 Å². The first-order valence-corrected chi connectivity index (χ1v) is 16.0. The highest BCUT2D eigenvalue weighted by Gasteiger charge is 2.44. The van der Waals surface area contributed by atoms with E-state index in [4.69, 9.17) is 4.55 Å². The van der Waals surface area contributed by atoms with Gasteiger partial charge in [0.05, 0.1) is 17.0 Å². The Morgan fingerprint density at radius 2 is 1.50 bits per heavy atom.